The minimum absolute atomic E-state index is 0.0623. The molecule has 0 radical (unpaired) electrons. The van der Waals surface area contributed by atoms with Crippen LogP contribution in [0.3, 0.4) is 0 Å². The fourth-order valence-electron chi connectivity index (χ4n) is 7.63. The number of hydrogen-bond donors (Lipinski definition) is 6. The Kier molecular flexibility index (Phi) is 24.7. The number of rotatable bonds is 24. The molecule has 5 atom stereocenters. The molecule has 0 aliphatic carbocycles. The Morgan fingerprint density at radius 2 is 1.07 bits per heavy atom. The number of alkyl carbamates (subject to hydrolysis) is 1. The van der Waals surface area contributed by atoms with Gasteiger partial charge in [-0.25, -0.2) is 9.59 Å². The van der Waals surface area contributed by atoms with E-state index in [9.17, 15) is 48.9 Å². The number of carbonyl (C=O) groups excluding carboxylic acids is 4. The first-order valence-corrected chi connectivity index (χ1v) is 24.8. The number of halogens is 4. The molecule has 2 heterocycles. The smallest absolute Gasteiger partial charge is 0.407 e. The molecular weight excluding hydrogens is 1040 g/mol. The summed E-state index contributed by atoms with van der Waals surface area (Å²) in [5.41, 5.74) is 0.165. The van der Waals surface area contributed by atoms with Crippen molar-refractivity contribution < 1.29 is 72.6 Å². The van der Waals surface area contributed by atoms with Gasteiger partial charge in [0.15, 0.2) is 5.78 Å². The van der Waals surface area contributed by atoms with E-state index in [0.717, 1.165) is 31.7 Å². The third kappa shape index (κ3) is 18.5. The van der Waals surface area contributed by atoms with E-state index in [4.69, 9.17) is 65.4 Å². The molecule has 3 amide bonds. The van der Waals surface area contributed by atoms with Crippen molar-refractivity contribution in [2.24, 2.45) is 5.92 Å². The maximum Gasteiger partial charge on any atom is 0.407 e. The number of amides is 3. The highest BCUT2D eigenvalue weighted by Gasteiger charge is 2.43. The summed E-state index contributed by atoms with van der Waals surface area (Å²) in [4.78, 5) is 91.2. The summed E-state index contributed by atoms with van der Waals surface area (Å²) in [5.74, 6) is -10.9. The first-order chi connectivity index (χ1) is 34.7. The molecule has 3 aromatic rings. The normalized spacial score (nSPS) is 16.0. The molecule has 0 spiro atoms. The van der Waals surface area contributed by atoms with Gasteiger partial charge in [0.1, 0.15) is 54.7 Å². The lowest BCUT2D eigenvalue weighted by atomic mass is 9.83. The quantitative estimate of drug-likeness (QED) is 0.0613. The largest absolute Gasteiger partial charge is 0.491 e. The minimum Gasteiger partial charge on any atom is -0.491 e. The second-order valence-electron chi connectivity index (χ2n) is 17.2. The molecule has 0 bridgehead atoms. The number of carbonyl (C=O) groups is 7. The number of Topliss-reactive ketones (excluding diaryl/α,β-unsaturated/α-hetero) is 1. The number of nitrogens with zero attached hydrogens (tertiary/aromatic N) is 2. The second-order valence-corrected chi connectivity index (χ2v) is 18.8. The third-order valence-electron chi connectivity index (χ3n) is 11.5. The van der Waals surface area contributed by atoms with E-state index in [-0.39, 0.29) is 68.3 Å². The van der Waals surface area contributed by atoms with Crippen LogP contribution in [0.5, 0.6) is 11.5 Å². The van der Waals surface area contributed by atoms with Crippen LogP contribution in [0.25, 0.3) is 0 Å². The molecular formula is C49H61Cl4N5O15. The average molecular weight is 1100 g/mol. The molecule has 2 aliphatic heterocycles. The SMILES string of the molecule is COC(=O)N[C@H](C)C(=O)N[C@@H](CC(C)C)C(=O)N[C@@H](Cc1ccccc1)C(=O)O.O=C(O)C(C(=O)C(C(=O)O)c1c(Cl)ccc(OCCN2CCOCC2)c1Cl)c1c(Cl)ccc(OCCN2CCOCC2)c1Cl. The molecule has 400 valence electrons. The number of ketones is 1. The lowest BCUT2D eigenvalue weighted by molar-refractivity contribution is -0.147. The molecule has 3 aromatic carbocycles. The summed E-state index contributed by atoms with van der Waals surface area (Å²) < 4.78 is 26.7. The van der Waals surface area contributed by atoms with E-state index in [1.165, 1.54) is 38.3 Å². The summed E-state index contributed by atoms with van der Waals surface area (Å²) in [6.07, 6.45) is -0.351. The monoisotopic (exact) mass is 1100 g/mol. The molecule has 2 aliphatic rings. The Balaban J connectivity index is 0.000000347. The number of carboxylic acid groups (broad SMARTS) is 3. The van der Waals surface area contributed by atoms with Gasteiger partial charge in [-0.1, -0.05) is 90.6 Å². The van der Waals surface area contributed by atoms with Gasteiger partial charge in [-0.05, 0) is 49.1 Å². The van der Waals surface area contributed by atoms with E-state index in [1.807, 2.05) is 19.9 Å². The predicted octanol–water partition coefficient (Wildman–Crippen LogP) is 5.40. The summed E-state index contributed by atoms with van der Waals surface area (Å²) in [6, 6.07) is 11.5. The maximum atomic E-state index is 13.9. The molecule has 24 heteroatoms. The molecule has 2 fully saturated rings. The molecule has 2 saturated heterocycles. The molecule has 6 N–H and O–H groups in total. The van der Waals surface area contributed by atoms with Crippen LogP contribution in [-0.4, -0.2) is 171 Å². The van der Waals surface area contributed by atoms with Gasteiger partial charge in [0.2, 0.25) is 11.8 Å². The van der Waals surface area contributed by atoms with Gasteiger partial charge in [0.25, 0.3) is 0 Å². The number of hydrogen-bond acceptors (Lipinski definition) is 14. The highest BCUT2D eigenvalue weighted by Crippen LogP contribution is 2.44. The Hall–Kier alpha value is -5.45. The molecule has 5 rings (SSSR count). The average Bonchev–Trinajstić information content (AvgIpc) is 3.35. The van der Waals surface area contributed by atoms with Gasteiger partial charge in [0.05, 0.1) is 43.6 Å². The number of carboxylic acids is 3. The number of aliphatic carboxylic acids is 3. The highest BCUT2D eigenvalue weighted by atomic mass is 35.5. The van der Waals surface area contributed by atoms with Crippen molar-refractivity contribution in [2.75, 3.05) is 86.0 Å². The van der Waals surface area contributed by atoms with Crippen LogP contribution in [-0.2, 0) is 49.4 Å². The Labute approximate surface area is 442 Å². The zero-order chi connectivity index (χ0) is 53.8. The van der Waals surface area contributed by atoms with Gasteiger partial charge in [-0.2, -0.15) is 0 Å². The molecule has 20 nitrogen and oxygen atoms in total. The van der Waals surface area contributed by atoms with Gasteiger partial charge in [0, 0.05) is 66.9 Å². The van der Waals surface area contributed by atoms with Crippen LogP contribution < -0.4 is 25.4 Å². The Bertz CT molecular complexity index is 2270. The van der Waals surface area contributed by atoms with Crippen LogP contribution >= 0.6 is 46.4 Å². The zero-order valence-electron chi connectivity index (χ0n) is 40.7. The van der Waals surface area contributed by atoms with E-state index < -0.39 is 71.6 Å². The van der Waals surface area contributed by atoms with Crippen molar-refractivity contribution in [1.29, 1.82) is 0 Å². The topological polar surface area (TPSA) is 269 Å². The first-order valence-electron chi connectivity index (χ1n) is 23.3. The number of nitrogens with one attached hydrogen (secondary N) is 3. The number of benzene rings is 3. The summed E-state index contributed by atoms with van der Waals surface area (Å²) >= 11 is 25.9. The van der Waals surface area contributed by atoms with E-state index in [1.54, 1.807) is 24.3 Å². The Morgan fingerprint density at radius 3 is 1.48 bits per heavy atom. The van der Waals surface area contributed by atoms with Crippen molar-refractivity contribution in [3.05, 3.63) is 91.4 Å². The highest BCUT2D eigenvalue weighted by molar-refractivity contribution is 6.40. The van der Waals surface area contributed by atoms with Gasteiger partial charge in [-0.3, -0.25) is 33.8 Å². The van der Waals surface area contributed by atoms with Crippen LogP contribution in [0.15, 0.2) is 54.6 Å². The maximum absolute atomic E-state index is 13.9. The van der Waals surface area contributed by atoms with Crippen molar-refractivity contribution in [1.82, 2.24) is 25.8 Å². The first kappa shape index (κ1) is 60.1. The molecule has 2 unspecified atom stereocenters. The number of morpholine rings is 2. The van der Waals surface area contributed by atoms with Crippen molar-refractivity contribution >= 4 is 88.0 Å². The molecule has 0 aromatic heterocycles. The lowest BCUT2D eigenvalue weighted by Crippen LogP contribution is -2.55. The van der Waals surface area contributed by atoms with Crippen LogP contribution in [0.2, 0.25) is 20.1 Å². The van der Waals surface area contributed by atoms with Gasteiger partial charge in [-0.15, -0.1) is 0 Å². The predicted molar refractivity (Wildman–Crippen MR) is 270 cm³/mol. The van der Waals surface area contributed by atoms with E-state index in [2.05, 4.69) is 30.5 Å². The van der Waals surface area contributed by atoms with E-state index >= 15 is 0 Å². The number of ether oxygens (including phenoxy) is 5. The summed E-state index contributed by atoms with van der Waals surface area (Å²) in [6.45, 7) is 12.1. The van der Waals surface area contributed by atoms with Gasteiger partial charge < -0.3 is 55.0 Å². The van der Waals surface area contributed by atoms with E-state index in [0.29, 0.717) is 45.9 Å². The van der Waals surface area contributed by atoms with Crippen molar-refractivity contribution in [2.45, 2.75) is 63.6 Å². The summed E-state index contributed by atoms with van der Waals surface area (Å²) in [7, 11) is 1.17. The zero-order valence-corrected chi connectivity index (χ0v) is 43.7. The molecule has 73 heavy (non-hydrogen) atoms. The van der Waals surface area contributed by atoms with Crippen molar-refractivity contribution in [3.63, 3.8) is 0 Å². The number of methoxy groups -OCH3 is 1. The van der Waals surface area contributed by atoms with Crippen molar-refractivity contribution in [3.8, 4) is 11.5 Å². The Morgan fingerprint density at radius 1 is 0.616 bits per heavy atom. The third-order valence-corrected chi connectivity index (χ3v) is 12.9. The van der Waals surface area contributed by atoms with Crippen LogP contribution in [0, 0.1) is 5.92 Å². The second kappa shape index (κ2) is 30.0. The standard InChI is InChI=1S/C29H32Cl4N2O9.C20H29N3O6/c30-17-1-3-19(43-15-9-34-5-11-41-12-6-34)25(32)21(17)23(28(37)38)27(36)24(29(39)40)22-18(31)2-4-20(26(22)33)44-16-10-35-7-13-42-14-8-35;1-12(2)10-15(22-17(24)13(3)21-20(28)29-4)18(25)23-16(19(26)27)11-14-8-6-5-7-9-14/h1-4,23-24H,5-16H2,(H,37,38)(H,39,40);5-9,12-13,15-16H,10-11H2,1-4H3,(H,21,28)(H,22,24)(H,23,25)(H,26,27)/t;13-,15+,16+/m.1/s1. The fraction of sp³-hybridized carbons (Fsp3) is 0.490. The lowest BCUT2D eigenvalue weighted by Gasteiger charge is -2.27. The van der Waals surface area contributed by atoms with Gasteiger partial charge >= 0.3 is 24.0 Å². The minimum atomic E-state index is -2.09. The summed E-state index contributed by atoms with van der Waals surface area (Å²) in [5, 5.41) is 36.5. The molecule has 0 saturated carbocycles. The fourth-order valence-corrected chi connectivity index (χ4v) is 8.92. The van der Waals surface area contributed by atoms with Crippen LogP contribution in [0.4, 0.5) is 4.79 Å². The van der Waals surface area contributed by atoms with Crippen LogP contribution in [0.1, 0.15) is 55.7 Å².